The highest BCUT2D eigenvalue weighted by Crippen LogP contribution is 2.25. The molecule has 0 unspecified atom stereocenters. The standard InChI is InChI=1S/C16H22N2O3/c1-17(2)15(19)8-9-18(3)16(20)13-6-7-14-12(11-13)5-4-10-21-14/h6-7,11H,4-5,8-10H2,1-3H3. The molecule has 1 aliphatic heterocycles. The lowest BCUT2D eigenvalue weighted by molar-refractivity contribution is -0.128. The number of fused-ring (bicyclic) bond motifs is 1. The summed E-state index contributed by atoms with van der Waals surface area (Å²) in [6, 6.07) is 5.55. The summed E-state index contributed by atoms with van der Waals surface area (Å²) in [5.74, 6) is 0.839. The molecule has 5 nitrogen and oxygen atoms in total. The third-order valence-electron chi connectivity index (χ3n) is 3.66. The van der Waals surface area contributed by atoms with Crippen LogP contribution in [0.25, 0.3) is 0 Å². The molecule has 1 aliphatic rings. The van der Waals surface area contributed by atoms with Crippen LogP contribution >= 0.6 is 0 Å². The molecule has 0 fully saturated rings. The Bertz CT molecular complexity index is 540. The highest BCUT2D eigenvalue weighted by atomic mass is 16.5. The van der Waals surface area contributed by atoms with Crippen molar-refractivity contribution in [3.8, 4) is 5.75 Å². The number of nitrogens with zero attached hydrogens (tertiary/aromatic N) is 2. The fourth-order valence-corrected chi connectivity index (χ4v) is 2.30. The van der Waals surface area contributed by atoms with Crippen molar-refractivity contribution in [2.45, 2.75) is 19.3 Å². The van der Waals surface area contributed by atoms with Gasteiger partial charge in [-0.15, -0.1) is 0 Å². The van der Waals surface area contributed by atoms with Gasteiger partial charge >= 0.3 is 0 Å². The van der Waals surface area contributed by atoms with Crippen molar-refractivity contribution in [1.29, 1.82) is 0 Å². The van der Waals surface area contributed by atoms with Gasteiger partial charge in [0.2, 0.25) is 5.91 Å². The predicted molar refractivity (Wildman–Crippen MR) is 80.5 cm³/mol. The van der Waals surface area contributed by atoms with Gasteiger partial charge in [0.1, 0.15) is 5.75 Å². The van der Waals surface area contributed by atoms with Crippen LogP contribution in [0.15, 0.2) is 18.2 Å². The Morgan fingerprint density at radius 1 is 1.24 bits per heavy atom. The summed E-state index contributed by atoms with van der Waals surface area (Å²) in [6.07, 6.45) is 2.26. The van der Waals surface area contributed by atoms with E-state index in [9.17, 15) is 9.59 Å². The number of rotatable bonds is 4. The van der Waals surface area contributed by atoms with Gasteiger partial charge in [-0.05, 0) is 36.6 Å². The molecule has 0 saturated heterocycles. The summed E-state index contributed by atoms with van der Waals surface area (Å²) in [4.78, 5) is 27.1. The molecule has 2 rings (SSSR count). The van der Waals surface area contributed by atoms with Gasteiger partial charge in [-0.1, -0.05) is 0 Å². The zero-order chi connectivity index (χ0) is 15.4. The van der Waals surface area contributed by atoms with Gasteiger partial charge in [0.05, 0.1) is 6.61 Å². The highest BCUT2D eigenvalue weighted by molar-refractivity contribution is 5.94. The summed E-state index contributed by atoms with van der Waals surface area (Å²) in [5.41, 5.74) is 1.74. The Morgan fingerprint density at radius 2 is 2.00 bits per heavy atom. The quantitative estimate of drug-likeness (QED) is 0.845. The van der Waals surface area contributed by atoms with E-state index in [1.54, 1.807) is 32.1 Å². The first-order valence-corrected chi connectivity index (χ1v) is 7.20. The lowest BCUT2D eigenvalue weighted by atomic mass is 10.0. The number of amides is 2. The molecule has 0 spiro atoms. The number of ether oxygens (including phenoxy) is 1. The summed E-state index contributed by atoms with van der Waals surface area (Å²) < 4.78 is 5.55. The molecule has 1 aromatic rings. The lowest BCUT2D eigenvalue weighted by Gasteiger charge is -2.21. The average Bonchev–Trinajstić information content (AvgIpc) is 2.50. The van der Waals surface area contributed by atoms with Crippen LogP contribution in [-0.2, 0) is 11.2 Å². The second-order valence-corrected chi connectivity index (χ2v) is 5.54. The van der Waals surface area contributed by atoms with Crippen molar-refractivity contribution in [2.24, 2.45) is 0 Å². The molecule has 0 saturated carbocycles. The molecule has 2 amide bonds. The summed E-state index contributed by atoms with van der Waals surface area (Å²) in [5, 5.41) is 0. The van der Waals surface area contributed by atoms with Crippen LogP contribution in [0.1, 0.15) is 28.8 Å². The topological polar surface area (TPSA) is 49.9 Å². The first-order chi connectivity index (χ1) is 9.99. The minimum absolute atomic E-state index is 0.0218. The molecule has 21 heavy (non-hydrogen) atoms. The van der Waals surface area contributed by atoms with Crippen LogP contribution in [0.5, 0.6) is 5.75 Å². The predicted octanol–water partition coefficient (Wildman–Crippen LogP) is 1.56. The van der Waals surface area contributed by atoms with Gasteiger partial charge < -0.3 is 14.5 Å². The summed E-state index contributed by atoms with van der Waals surface area (Å²) >= 11 is 0. The summed E-state index contributed by atoms with van der Waals surface area (Å²) in [6.45, 7) is 1.16. The SMILES string of the molecule is CN(C)C(=O)CCN(C)C(=O)c1ccc2c(c1)CCCO2. The third-order valence-corrected chi connectivity index (χ3v) is 3.66. The van der Waals surface area contributed by atoms with Crippen molar-refractivity contribution in [2.75, 3.05) is 34.3 Å². The second-order valence-electron chi connectivity index (χ2n) is 5.54. The number of benzene rings is 1. The monoisotopic (exact) mass is 290 g/mol. The third kappa shape index (κ3) is 3.74. The van der Waals surface area contributed by atoms with E-state index in [-0.39, 0.29) is 11.8 Å². The van der Waals surface area contributed by atoms with Gasteiger partial charge in [0, 0.05) is 39.7 Å². The van der Waals surface area contributed by atoms with Gasteiger partial charge in [-0.2, -0.15) is 0 Å². The number of hydrogen-bond acceptors (Lipinski definition) is 3. The van der Waals surface area contributed by atoms with E-state index in [2.05, 4.69) is 0 Å². The maximum absolute atomic E-state index is 12.4. The van der Waals surface area contributed by atoms with Crippen LogP contribution < -0.4 is 4.74 Å². The van der Waals surface area contributed by atoms with E-state index >= 15 is 0 Å². The van der Waals surface area contributed by atoms with E-state index < -0.39 is 0 Å². The fourth-order valence-electron chi connectivity index (χ4n) is 2.30. The van der Waals surface area contributed by atoms with Gasteiger partial charge in [-0.25, -0.2) is 0 Å². The molecular weight excluding hydrogens is 268 g/mol. The summed E-state index contributed by atoms with van der Waals surface area (Å²) in [7, 11) is 5.16. The minimum atomic E-state index is -0.0603. The fraction of sp³-hybridized carbons (Fsp3) is 0.500. The second kappa shape index (κ2) is 6.61. The van der Waals surface area contributed by atoms with Crippen LogP contribution in [0.3, 0.4) is 0 Å². The molecule has 1 heterocycles. The molecule has 0 N–H and O–H groups in total. The highest BCUT2D eigenvalue weighted by Gasteiger charge is 2.17. The van der Waals surface area contributed by atoms with Gasteiger partial charge in [-0.3, -0.25) is 9.59 Å². The van der Waals surface area contributed by atoms with Crippen LogP contribution in [0.2, 0.25) is 0 Å². The molecular formula is C16H22N2O3. The Hall–Kier alpha value is -2.04. The first-order valence-electron chi connectivity index (χ1n) is 7.20. The lowest BCUT2D eigenvalue weighted by Crippen LogP contribution is -2.32. The minimum Gasteiger partial charge on any atom is -0.493 e. The van der Waals surface area contributed by atoms with E-state index in [0.717, 1.165) is 30.8 Å². The molecule has 0 aromatic heterocycles. The molecule has 0 atom stereocenters. The smallest absolute Gasteiger partial charge is 0.253 e. The van der Waals surface area contributed by atoms with E-state index in [4.69, 9.17) is 4.74 Å². The number of carbonyl (C=O) groups excluding carboxylic acids is 2. The maximum Gasteiger partial charge on any atom is 0.253 e. The maximum atomic E-state index is 12.4. The Kier molecular flexibility index (Phi) is 4.83. The van der Waals surface area contributed by atoms with Crippen LogP contribution in [-0.4, -0.2) is 55.9 Å². The largest absolute Gasteiger partial charge is 0.493 e. The molecule has 114 valence electrons. The Balaban J connectivity index is 2.00. The molecule has 1 aromatic carbocycles. The van der Waals surface area contributed by atoms with Crippen molar-refractivity contribution >= 4 is 11.8 Å². The zero-order valence-corrected chi connectivity index (χ0v) is 12.9. The average molecular weight is 290 g/mol. The molecule has 0 aliphatic carbocycles. The van der Waals surface area contributed by atoms with E-state index in [1.165, 1.54) is 4.90 Å². The van der Waals surface area contributed by atoms with Crippen molar-refractivity contribution in [3.63, 3.8) is 0 Å². The molecule has 0 bridgehead atoms. The molecule has 0 radical (unpaired) electrons. The Labute approximate surface area is 125 Å². The van der Waals surface area contributed by atoms with Crippen molar-refractivity contribution in [1.82, 2.24) is 9.80 Å². The van der Waals surface area contributed by atoms with E-state index in [1.807, 2.05) is 12.1 Å². The molecule has 5 heteroatoms. The van der Waals surface area contributed by atoms with E-state index in [0.29, 0.717) is 18.5 Å². The van der Waals surface area contributed by atoms with Gasteiger partial charge in [0.25, 0.3) is 5.91 Å². The first kappa shape index (κ1) is 15.4. The van der Waals surface area contributed by atoms with Crippen molar-refractivity contribution in [3.05, 3.63) is 29.3 Å². The Morgan fingerprint density at radius 3 is 2.71 bits per heavy atom. The normalized spacial score (nSPS) is 13.1. The number of aryl methyl sites for hydroxylation is 1. The number of hydrogen-bond donors (Lipinski definition) is 0. The van der Waals surface area contributed by atoms with Crippen molar-refractivity contribution < 1.29 is 14.3 Å². The van der Waals surface area contributed by atoms with Crippen LogP contribution in [0.4, 0.5) is 0 Å². The zero-order valence-electron chi connectivity index (χ0n) is 12.9. The number of carbonyl (C=O) groups is 2. The van der Waals surface area contributed by atoms with Crippen LogP contribution in [0, 0.1) is 0 Å². The van der Waals surface area contributed by atoms with Gasteiger partial charge in [0.15, 0.2) is 0 Å².